The molecular formula is C18H18N2OS3. The highest BCUT2D eigenvalue weighted by molar-refractivity contribution is 8.01. The Morgan fingerprint density at radius 3 is 2.62 bits per heavy atom. The number of carbonyl (C=O) groups is 1. The Balaban J connectivity index is 1.69. The molecule has 6 heteroatoms. The second-order valence-electron chi connectivity index (χ2n) is 5.47. The highest BCUT2D eigenvalue weighted by atomic mass is 32.2. The smallest absolute Gasteiger partial charge is 0.231 e. The number of hydrogen-bond acceptors (Lipinski definition) is 5. The van der Waals surface area contributed by atoms with Crippen LogP contribution in [-0.2, 0) is 4.79 Å². The van der Waals surface area contributed by atoms with Gasteiger partial charge in [0.25, 0.3) is 0 Å². The number of thiophene rings is 1. The quantitative estimate of drug-likeness (QED) is 0.629. The van der Waals surface area contributed by atoms with Gasteiger partial charge in [-0.15, -0.1) is 22.7 Å². The second kappa shape index (κ2) is 7.96. The van der Waals surface area contributed by atoms with Crippen molar-refractivity contribution in [1.29, 1.82) is 0 Å². The van der Waals surface area contributed by atoms with Crippen LogP contribution >= 0.6 is 34.4 Å². The van der Waals surface area contributed by atoms with E-state index >= 15 is 0 Å². The van der Waals surface area contributed by atoms with Crippen LogP contribution in [0, 0.1) is 13.8 Å². The summed E-state index contributed by atoms with van der Waals surface area (Å²) in [5.74, 6) is 0.396. The maximum Gasteiger partial charge on any atom is 0.231 e. The minimum Gasteiger partial charge on any atom is -0.344 e. The van der Waals surface area contributed by atoms with Crippen molar-refractivity contribution >= 4 is 40.3 Å². The fraction of sp³-hybridized carbons (Fsp3) is 0.222. The Kier molecular flexibility index (Phi) is 5.71. The molecule has 0 aliphatic carbocycles. The first-order valence-electron chi connectivity index (χ1n) is 7.56. The molecule has 0 bridgehead atoms. The molecule has 1 N–H and O–H groups in total. The van der Waals surface area contributed by atoms with Crippen LogP contribution in [0.3, 0.4) is 0 Å². The van der Waals surface area contributed by atoms with Crippen LogP contribution in [0.5, 0.6) is 0 Å². The zero-order valence-electron chi connectivity index (χ0n) is 13.5. The highest BCUT2D eigenvalue weighted by Gasteiger charge is 2.18. The van der Waals surface area contributed by atoms with Crippen LogP contribution in [-0.4, -0.2) is 16.6 Å². The largest absolute Gasteiger partial charge is 0.344 e. The van der Waals surface area contributed by atoms with Crippen molar-refractivity contribution in [3.8, 4) is 0 Å². The van der Waals surface area contributed by atoms with Gasteiger partial charge in [-0.05, 0) is 30.9 Å². The molecule has 1 atom stereocenters. The number of thioether (sulfide) groups is 1. The molecule has 1 amide bonds. The van der Waals surface area contributed by atoms with Gasteiger partial charge >= 0.3 is 0 Å². The monoisotopic (exact) mass is 374 g/mol. The van der Waals surface area contributed by atoms with Gasteiger partial charge in [-0.2, -0.15) is 0 Å². The fourth-order valence-corrected chi connectivity index (χ4v) is 4.72. The SMILES string of the molecule is Cc1ccc([C@@H](NC(=O)CSc2nc(C)cs2)c2cccs2)cc1. The highest BCUT2D eigenvalue weighted by Crippen LogP contribution is 2.27. The fourth-order valence-electron chi connectivity index (χ4n) is 2.26. The molecule has 0 aliphatic heterocycles. The van der Waals surface area contributed by atoms with E-state index in [0.717, 1.165) is 20.5 Å². The normalized spacial score (nSPS) is 12.1. The first-order chi connectivity index (χ1) is 11.6. The van der Waals surface area contributed by atoms with Gasteiger partial charge in [-0.3, -0.25) is 4.79 Å². The minimum atomic E-state index is -0.100. The lowest BCUT2D eigenvalue weighted by Crippen LogP contribution is -2.30. The Morgan fingerprint density at radius 1 is 1.21 bits per heavy atom. The zero-order chi connectivity index (χ0) is 16.9. The van der Waals surface area contributed by atoms with Crippen molar-refractivity contribution in [1.82, 2.24) is 10.3 Å². The average molecular weight is 375 g/mol. The molecule has 2 aromatic heterocycles. The third-order valence-corrected chi connectivity index (χ3v) is 6.54. The van der Waals surface area contributed by atoms with E-state index in [-0.39, 0.29) is 11.9 Å². The number of carbonyl (C=O) groups excluding carboxylic acids is 1. The molecule has 0 aliphatic rings. The van der Waals surface area contributed by atoms with E-state index in [9.17, 15) is 4.79 Å². The molecule has 3 aromatic rings. The van der Waals surface area contributed by atoms with Crippen LogP contribution in [0.2, 0.25) is 0 Å². The van der Waals surface area contributed by atoms with E-state index in [4.69, 9.17) is 0 Å². The van der Waals surface area contributed by atoms with Gasteiger partial charge in [0.1, 0.15) is 0 Å². The van der Waals surface area contributed by atoms with E-state index in [1.165, 1.54) is 17.3 Å². The molecule has 3 rings (SSSR count). The summed E-state index contributed by atoms with van der Waals surface area (Å²) < 4.78 is 0.936. The van der Waals surface area contributed by atoms with Crippen LogP contribution in [0.25, 0.3) is 0 Å². The zero-order valence-corrected chi connectivity index (χ0v) is 15.9. The molecule has 124 valence electrons. The molecule has 0 radical (unpaired) electrons. The van der Waals surface area contributed by atoms with E-state index in [1.807, 2.05) is 23.8 Å². The van der Waals surface area contributed by atoms with Gasteiger partial charge in [-0.25, -0.2) is 4.98 Å². The molecule has 0 fully saturated rings. The number of hydrogen-bond donors (Lipinski definition) is 1. The molecule has 24 heavy (non-hydrogen) atoms. The number of benzene rings is 1. The molecule has 0 saturated carbocycles. The van der Waals surface area contributed by atoms with Gasteiger partial charge in [0.15, 0.2) is 4.34 Å². The minimum absolute atomic E-state index is 0.0202. The van der Waals surface area contributed by atoms with E-state index in [1.54, 1.807) is 22.7 Å². The summed E-state index contributed by atoms with van der Waals surface area (Å²) in [6.45, 7) is 4.03. The summed E-state index contributed by atoms with van der Waals surface area (Å²) in [7, 11) is 0. The summed E-state index contributed by atoms with van der Waals surface area (Å²) in [5.41, 5.74) is 3.32. The molecule has 3 nitrogen and oxygen atoms in total. The van der Waals surface area contributed by atoms with Crippen LogP contribution in [0.4, 0.5) is 0 Å². The number of nitrogens with zero attached hydrogens (tertiary/aromatic N) is 1. The van der Waals surface area contributed by atoms with E-state index < -0.39 is 0 Å². The predicted molar refractivity (Wildman–Crippen MR) is 103 cm³/mol. The van der Waals surface area contributed by atoms with Crippen molar-refractivity contribution in [3.05, 3.63) is 68.9 Å². The molecule has 0 saturated heterocycles. The number of thiazole rings is 1. The van der Waals surface area contributed by atoms with Crippen molar-refractivity contribution in [3.63, 3.8) is 0 Å². The summed E-state index contributed by atoms with van der Waals surface area (Å²) in [4.78, 5) is 17.9. The maximum atomic E-state index is 12.4. The Morgan fingerprint density at radius 2 is 2.00 bits per heavy atom. The van der Waals surface area contributed by atoms with Gasteiger partial charge in [0, 0.05) is 16.0 Å². The van der Waals surface area contributed by atoms with Crippen LogP contribution in [0.1, 0.15) is 27.7 Å². The number of rotatable bonds is 6. The summed E-state index contributed by atoms with van der Waals surface area (Å²) in [6.07, 6.45) is 0. The molecule has 0 spiro atoms. The van der Waals surface area contributed by atoms with Crippen molar-refractivity contribution in [2.45, 2.75) is 24.2 Å². The number of aryl methyl sites for hydroxylation is 2. The third-order valence-electron chi connectivity index (χ3n) is 3.47. The third kappa shape index (κ3) is 4.47. The number of aromatic nitrogens is 1. The maximum absolute atomic E-state index is 12.4. The molecule has 0 unspecified atom stereocenters. The topological polar surface area (TPSA) is 42.0 Å². The lowest BCUT2D eigenvalue weighted by molar-refractivity contribution is -0.119. The molecular weight excluding hydrogens is 356 g/mol. The number of amides is 1. The van der Waals surface area contributed by atoms with E-state index in [0.29, 0.717) is 5.75 Å². The molecule has 1 aromatic carbocycles. The lowest BCUT2D eigenvalue weighted by atomic mass is 10.0. The van der Waals surface area contributed by atoms with Crippen molar-refractivity contribution in [2.75, 3.05) is 5.75 Å². The Labute approximate surface area is 154 Å². The summed E-state index contributed by atoms with van der Waals surface area (Å²) >= 11 is 4.72. The van der Waals surface area contributed by atoms with Gasteiger partial charge in [0.05, 0.1) is 11.8 Å². The van der Waals surface area contributed by atoms with Crippen LogP contribution < -0.4 is 5.32 Å². The van der Waals surface area contributed by atoms with Crippen molar-refractivity contribution in [2.24, 2.45) is 0 Å². The summed E-state index contributed by atoms with van der Waals surface area (Å²) in [6, 6.07) is 12.3. The first-order valence-corrected chi connectivity index (χ1v) is 10.3. The van der Waals surface area contributed by atoms with Gasteiger partial charge in [-0.1, -0.05) is 47.7 Å². The van der Waals surface area contributed by atoms with E-state index in [2.05, 4.69) is 47.6 Å². The standard InChI is InChI=1S/C18H18N2OS3/c1-12-5-7-14(8-6-12)17(15-4-3-9-22-15)20-16(21)11-24-18-19-13(2)10-23-18/h3-10,17H,11H2,1-2H3,(H,20,21)/t17-/m1/s1. The van der Waals surface area contributed by atoms with Gasteiger partial charge in [0.2, 0.25) is 5.91 Å². The average Bonchev–Trinajstić information content (AvgIpc) is 3.23. The molecule has 2 heterocycles. The van der Waals surface area contributed by atoms with Gasteiger partial charge < -0.3 is 5.32 Å². The van der Waals surface area contributed by atoms with Crippen molar-refractivity contribution < 1.29 is 4.79 Å². The summed E-state index contributed by atoms with van der Waals surface area (Å²) in [5, 5.41) is 7.20. The van der Waals surface area contributed by atoms with Crippen LogP contribution in [0.15, 0.2) is 51.5 Å². The first kappa shape index (κ1) is 17.2. The second-order valence-corrected chi connectivity index (χ2v) is 8.53. The predicted octanol–water partition coefficient (Wildman–Crippen LogP) is 4.82. The lowest BCUT2D eigenvalue weighted by Gasteiger charge is -2.18. The number of nitrogens with one attached hydrogen (secondary N) is 1. The Hall–Kier alpha value is -1.63. The Bertz CT molecular complexity index is 794.